The fourth-order valence-corrected chi connectivity index (χ4v) is 1.07. The minimum Gasteiger partial charge on any atom is -0.487 e. The van der Waals surface area contributed by atoms with E-state index in [2.05, 4.69) is 22.6 Å². The molecule has 2 N–H and O–H groups in total. The Hall–Kier alpha value is -0.590. The van der Waals surface area contributed by atoms with Gasteiger partial charge >= 0.3 is 0 Å². The molecule has 1 aromatic carbocycles. The molecular weight excluding hydrogens is 303 g/mol. The largest absolute Gasteiger partial charge is 0.487 e. The van der Waals surface area contributed by atoms with E-state index in [4.69, 9.17) is 10.5 Å². The number of hydrogen-bond acceptors (Lipinski definition) is 2. The predicted octanol–water partition coefficient (Wildman–Crippen LogP) is 2.75. The lowest BCUT2D eigenvalue weighted by molar-refractivity contribution is 0.305. The molecule has 0 bridgehead atoms. The summed E-state index contributed by atoms with van der Waals surface area (Å²) in [6.07, 6.45) is 0. The normalized spacial score (nSPS) is 12.6. The van der Waals surface area contributed by atoms with Crippen molar-refractivity contribution in [3.05, 3.63) is 23.8 Å². The van der Waals surface area contributed by atoms with Gasteiger partial charge in [0.1, 0.15) is 0 Å². The van der Waals surface area contributed by atoms with Gasteiger partial charge in [-0.1, -0.05) is 29.5 Å². The Labute approximate surface area is 94.6 Å². The summed E-state index contributed by atoms with van der Waals surface area (Å²) in [6, 6.07) is 2.26. The highest BCUT2D eigenvalue weighted by Crippen LogP contribution is 2.27. The van der Waals surface area contributed by atoms with Crippen LogP contribution in [-0.2, 0) is 0 Å². The number of anilines is 1. The Kier molecular flexibility index (Phi) is 3.91. The minimum atomic E-state index is -1.03. The van der Waals surface area contributed by atoms with Gasteiger partial charge in [-0.2, -0.15) is 4.39 Å². The maximum atomic E-state index is 13.1. The molecule has 2 nitrogen and oxygen atoms in total. The quantitative estimate of drug-likeness (QED) is 0.529. The predicted molar refractivity (Wildman–Crippen MR) is 59.7 cm³/mol. The number of ether oxygens (including phenoxy) is 1. The molecule has 0 amide bonds. The van der Waals surface area contributed by atoms with Crippen LogP contribution in [0.4, 0.5) is 14.5 Å². The molecule has 1 rings (SSSR count). The summed E-state index contributed by atoms with van der Waals surface area (Å²) in [5.41, 5.74) is 5.55. The molecule has 0 aliphatic heterocycles. The number of hydrogen-bond donors (Lipinski definition) is 1. The van der Waals surface area contributed by atoms with E-state index in [-0.39, 0.29) is 15.4 Å². The molecule has 0 aliphatic rings. The van der Waals surface area contributed by atoms with Gasteiger partial charge in [0.2, 0.25) is 5.82 Å². The second-order valence-electron chi connectivity index (χ2n) is 2.87. The van der Waals surface area contributed by atoms with Gasteiger partial charge in [0.05, 0.1) is 12.3 Å². The topological polar surface area (TPSA) is 35.2 Å². The SMILES string of the molecule is C[C@@H](I)COc1c(N)ccc(F)c1F. The van der Waals surface area contributed by atoms with Crippen LogP contribution in [0.2, 0.25) is 0 Å². The first kappa shape index (κ1) is 11.5. The molecule has 78 valence electrons. The van der Waals surface area contributed by atoms with Crippen molar-refractivity contribution in [3.63, 3.8) is 0 Å². The summed E-state index contributed by atoms with van der Waals surface area (Å²) in [7, 11) is 0. The van der Waals surface area contributed by atoms with Gasteiger partial charge in [-0.3, -0.25) is 0 Å². The highest BCUT2D eigenvalue weighted by atomic mass is 127. The van der Waals surface area contributed by atoms with Crippen LogP contribution in [-0.4, -0.2) is 10.5 Å². The zero-order chi connectivity index (χ0) is 10.7. The second-order valence-corrected chi connectivity index (χ2v) is 5.00. The second kappa shape index (κ2) is 4.77. The molecule has 5 heteroatoms. The zero-order valence-corrected chi connectivity index (χ0v) is 9.72. The van der Waals surface area contributed by atoms with Crippen molar-refractivity contribution >= 4 is 28.3 Å². The van der Waals surface area contributed by atoms with Gasteiger partial charge < -0.3 is 10.5 Å². The lowest BCUT2D eigenvalue weighted by Crippen LogP contribution is -2.10. The van der Waals surface area contributed by atoms with Crippen LogP contribution in [0.25, 0.3) is 0 Å². The van der Waals surface area contributed by atoms with Crippen LogP contribution in [0.15, 0.2) is 12.1 Å². The fourth-order valence-electron chi connectivity index (χ4n) is 0.892. The molecule has 0 aromatic heterocycles. The number of halogens is 3. The highest BCUT2D eigenvalue weighted by molar-refractivity contribution is 14.1. The van der Waals surface area contributed by atoms with Gasteiger partial charge in [0.25, 0.3) is 0 Å². The van der Waals surface area contributed by atoms with Crippen LogP contribution in [0.1, 0.15) is 6.92 Å². The van der Waals surface area contributed by atoms with Crippen molar-refractivity contribution in [2.75, 3.05) is 12.3 Å². The lowest BCUT2D eigenvalue weighted by atomic mass is 10.3. The lowest BCUT2D eigenvalue weighted by Gasteiger charge is -2.11. The van der Waals surface area contributed by atoms with Crippen LogP contribution >= 0.6 is 22.6 Å². The Morgan fingerprint density at radius 2 is 2.14 bits per heavy atom. The number of nitrogens with two attached hydrogens (primary N) is 1. The first-order chi connectivity index (χ1) is 6.52. The monoisotopic (exact) mass is 313 g/mol. The van der Waals surface area contributed by atoms with E-state index in [9.17, 15) is 8.78 Å². The number of alkyl halides is 1. The Morgan fingerprint density at radius 3 is 2.71 bits per heavy atom. The number of nitrogen functional groups attached to an aromatic ring is 1. The third-order valence-electron chi connectivity index (χ3n) is 1.54. The van der Waals surface area contributed by atoms with Gasteiger partial charge in [-0.25, -0.2) is 4.39 Å². The Balaban J connectivity index is 2.89. The molecule has 1 atom stereocenters. The van der Waals surface area contributed by atoms with Crippen molar-refractivity contribution < 1.29 is 13.5 Å². The molecular formula is C9H10F2INO. The summed E-state index contributed by atoms with van der Waals surface area (Å²) in [6.45, 7) is 2.19. The molecule has 0 saturated heterocycles. The third kappa shape index (κ3) is 2.70. The minimum absolute atomic E-state index is 0.112. The fraction of sp³-hybridized carbons (Fsp3) is 0.333. The van der Waals surface area contributed by atoms with Crippen molar-refractivity contribution in [2.45, 2.75) is 10.8 Å². The van der Waals surface area contributed by atoms with Crippen LogP contribution in [0, 0.1) is 11.6 Å². The van der Waals surface area contributed by atoms with Crippen LogP contribution in [0.5, 0.6) is 5.75 Å². The van der Waals surface area contributed by atoms with Gasteiger partial charge in [-0.05, 0) is 12.1 Å². The van der Waals surface area contributed by atoms with E-state index in [1.807, 2.05) is 6.92 Å². The van der Waals surface area contributed by atoms with E-state index >= 15 is 0 Å². The van der Waals surface area contributed by atoms with E-state index in [1.165, 1.54) is 6.07 Å². The van der Waals surface area contributed by atoms with Crippen molar-refractivity contribution in [3.8, 4) is 5.75 Å². The van der Waals surface area contributed by atoms with Crippen molar-refractivity contribution in [2.24, 2.45) is 0 Å². The van der Waals surface area contributed by atoms with E-state index in [0.717, 1.165) is 6.07 Å². The molecule has 0 spiro atoms. The van der Waals surface area contributed by atoms with Crippen LogP contribution < -0.4 is 10.5 Å². The summed E-state index contributed by atoms with van der Waals surface area (Å²) in [5, 5.41) is 0. The molecule has 0 radical (unpaired) electrons. The molecule has 14 heavy (non-hydrogen) atoms. The molecule has 0 saturated carbocycles. The molecule has 1 aromatic rings. The van der Waals surface area contributed by atoms with Crippen molar-refractivity contribution in [1.82, 2.24) is 0 Å². The average molecular weight is 313 g/mol. The third-order valence-corrected chi connectivity index (χ3v) is 1.90. The van der Waals surface area contributed by atoms with Gasteiger partial charge in [0.15, 0.2) is 11.6 Å². The summed E-state index contributed by atoms with van der Waals surface area (Å²) in [4.78, 5) is 0. The van der Waals surface area contributed by atoms with Gasteiger partial charge in [0, 0.05) is 3.92 Å². The first-order valence-corrected chi connectivity index (χ1v) is 5.27. The first-order valence-electron chi connectivity index (χ1n) is 4.02. The molecule has 0 heterocycles. The van der Waals surface area contributed by atoms with Gasteiger partial charge in [-0.15, -0.1) is 0 Å². The number of benzene rings is 1. The van der Waals surface area contributed by atoms with Crippen LogP contribution in [0.3, 0.4) is 0 Å². The molecule has 0 unspecified atom stereocenters. The van der Waals surface area contributed by atoms with E-state index in [0.29, 0.717) is 6.61 Å². The Bertz CT molecular complexity index is 331. The summed E-state index contributed by atoms with van der Waals surface area (Å²) >= 11 is 2.12. The molecule has 0 aliphatic carbocycles. The van der Waals surface area contributed by atoms with E-state index < -0.39 is 11.6 Å². The Morgan fingerprint density at radius 1 is 1.50 bits per heavy atom. The smallest absolute Gasteiger partial charge is 0.202 e. The molecule has 0 fully saturated rings. The zero-order valence-electron chi connectivity index (χ0n) is 7.56. The summed E-state index contributed by atoms with van der Waals surface area (Å²) < 4.78 is 31.2. The number of rotatable bonds is 3. The maximum absolute atomic E-state index is 13.1. The standard InChI is InChI=1S/C9H10F2INO/c1-5(12)4-14-9-7(13)3-2-6(10)8(9)11/h2-3,5H,4,13H2,1H3/t5-/m1/s1. The van der Waals surface area contributed by atoms with Crippen molar-refractivity contribution in [1.29, 1.82) is 0 Å². The maximum Gasteiger partial charge on any atom is 0.202 e. The van der Waals surface area contributed by atoms with E-state index in [1.54, 1.807) is 0 Å². The average Bonchev–Trinajstić information content (AvgIpc) is 2.11. The highest BCUT2D eigenvalue weighted by Gasteiger charge is 2.13. The summed E-state index contributed by atoms with van der Waals surface area (Å²) in [5.74, 6) is -2.18.